The van der Waals surface area contributed by atoms with Crippen LogP contribution in [0.15, 0.2) is 60.7 Å². The summed E-state index contributed by atoms with van der Waals surface area (Å²) >= 11 is 0. The summed E-state index contributed by atoms with van der Waals surface area (Å²) in [5, 5.41) is 12.8. The van der Waals surface area contributed by atoms with Gasteiger partial charge in [0.05, 0.1) is 21.4 Å². The quantitative estimate of drug-likeness (QED) is 0.181. The van der Waals surface area contributed by atoms with E-state index in [-0.39, 0.29) is 11.3 Å². The van der Waals surface area contributed by atoms with E-state index in [0.717, 1.165) is 11.3 Å². The SMILES string of the molecule is CCc1nc2ccccc2c(C(=O)OCC(=O)c2cccc3c([N+](=O)[O-])cccc23)c1C. The summed E-state index contributed by atoms with van der Waals surface area (Å²) in [6.45, 7) is 3.31. The maximum Gasteiger partial charge on any atom is 0.339 e. The van der Waals surface area contributed by atoms with Crippen LogP contribution in [0.5, 0.6) is 0 Å². The van der Waals surface area contributed by atoms with Gasteiger partial charge >= 0.3 is 5.97 Å². The number of ether oxygens (including phenoxy) is 1. The lowest BCUT2D eigenvalue weighted by molar-refractivity contribution is -0.383. The van der Waals surface area contributed by atoms with Gasteiger partial charge in [0.15, 0.2) is 6.61 Å². The number of carbonyl (C=O) groups is 2. The maximum absolute atomic E-state index is 13.0. The van der Waals surface area contributed by atoms with Crippen LogP contribution >= 0.6 is 0 Å². The molecule has 0 N–H and O–H groups in total. The summed E-state index contributed by atoms with van der Waals surface area (Å²) in [5.41, 5.74) is 2.79. The van der Waals surface area contributed by atoms with Crippen molar-refractivity contribution >= 4 is 39.1 Å². The maximum atomic E-state index is 13.0. The molecule has 0 aliphatic heterocycles. The summed E-state index contributed by atoms with van der Waals surface area (Å²) in [5.74, 6) is -1.04. The highest BCUT2D eigenvalue weighted by molar-refractivity contribution is 6.12. The van der Waals surface area contributed by atoms with Crippen molar-refractivity contribution in [2.24, 2.45) is 0 Å². The third-order valence-corrected chi connectivity index (χ3v) is 5.51. The van der Waals surface area contributed by atoms with Crippen LogP contribution in [-0.4, -0.2) is 28.3 Å². The molecule has 3 aromatic carbocycles. The van der Waals surface area contributed by atoms with Gasteiger partial charge in [-0.05, 0) is 36.4 Å². The number of benzene rings is 3. The first-order chi connectivity index (χ1) is 15.4. The van der Waals surface area contributed by atoms with Gasteiger partial charge in [-0.1, -0.05) is 49.4 Å². The average Bonchev–Trinajstić information content (AvgIpc) is 2.81. The third-order valence-electron chi connectivity index (χ3n) is 5.51. The first-order valence-corrected chi connectivity index (χ1v) is 10.2. The molecule has 4 rings (SSSR count). The summed E-state index contributed by atoms with van der Waals surface area (Å²) in [6, 6.07) is 16.6. The second kappa shape index (κ2) is 8.55. The summed E-state index contributed by atoms with van der Waals surface area (Å²) < 4.78 is 5.41. The number of hydrogen-bond acceptors (Lipinski definition) is 6. The van der Waals surface area contributed by atoms with Crippen LogP contribution in [0.4, 0.5) is 5.69 Å². The van der Waals surface area contributed by atoms with Crippen molar-refractivity contribution in [3.63, 3.8) is 0 Å². The van der Waals surface area contributed by atoms with Gasteiger partial charge in [0, 0.05) is 22.7 Å². The summed E-state index contributed by atoms with van der Waals surface area (Å²) in [6.07, 6.45) is 0.657. The molecule has 0 atom stereocenters. The molecule has 0 spiro atoms. The number of para-hydroxylation sites is 1. The first-order valence-electron chi connectivity index (χ1n) is 10.2. The van der Waals surface area contributed by atoms with Crippen molar-refractivity contribution in [2.45, 2.75) is 20.3 Å². The molecule has 160 valence electrons. The Balaban J connectivity index is 1.65. The van der Waals surface area contributed by atoms with Crippen molar-refractivity contribution in [3.8, 4) is 0 Å². The van der Waals surface area contributed by atoms with E-state index < -0.39 is 23.3 Å². The zero-order valence-electron chi connectivity index (χ0n) is 17.6. The van der Waals surface area contributed by atoms with E-state index in [2.05, 4.69) is 4.98 Å². The van der Waals surface area contributed by atoms with E-state index in [1.54, 1.807) is 30.3 Å². The van der Waals surface area contributed by atoms with Crippen molar-refractivity contribution < 1.29 is 19.2 Å². The van der Waals surface area contributed by atoms with Crippen molar-refractivity contribution in [3.05, 3.63) is 93.2 Å². The lowest BCUT2D eigenvalue weighted by Gasteiger charge is -2.13. The predicted molar refractivity (Wildman–Crippen MR) is 121 cm³/mol. The number of pyridine rings is 1. The number of ketones is 1. The number of nitro groups is 1. The molecule has 0 saturated carbocycles. The zero-order valence-corrected chi connectivity index (χ0v) is 17.6. The van der Waals surface area contributed by atoms with Crippen LogP contribution in [0, 0.1) is 17.0 Å². The number of nitrogens with zero attached hydrogens (tertiary/aromatic N) is 2. The minimum atomic E-state index is -0.602. The molecule has 0 bridgehead atoms. The lowest BCUT2D eigenvalue weighted by atomic mass is 10.00. The van der Waals surface area contributed by atoms with Crippen LogP contribution in [0.2, 0.25) is 0 Å². The molecule has 0 aliphatic rings. The van der Waals surface area contributed by atoms with E-state index in [9.17, 15) is 19.7 Å². The number of aromatic nitrogens is 1. The molecular weight excluding hydrogens is 408 g/mol. The number of rotatable bonds is 6. The lowest BCUT2D eigenvalue weighted by Crippen LogP contribution is -2.16. The smallest absolute Gasteiger partial charge is 0.339 e. The average molecular weight is 428 g/mol. The van der Waals surface area contributed by atoms with Crippen molar-refractivity contribution in [1.29, 1.82) is 0 Å². The van der Waals surface area contributed by atoms with Gasteiger partial charge in [-0.2, -0.15) is 0 Å². The monoisotopic (exact) mass is 428 g/mol. The fourth-order valence-corrected chi connectivity index (χ4v) is 3.94. The van der Waals surface area contributed by atoms with E-state index >= 15 is 0 Å². The molecule has 7 heteroatoms. The number of Topliss-reactive ketones (excluding diaryl/α,β-unsaturated/α-hetero) is 1. The summed E-state index contributed by atoms with van der Waals surface area (Å²) in [7, 11) is 0. The molecule has 32 heavy (non-hydrogen) atoms. The van der Waals surface area contributed by atoms with E-state index in [0.29, 0.717) is 33.7 Å². The zero-order chi connectivity index (χ0) is 22.8. The Labute approximate surface area is 183 Å². The van der Waals surface area contributed by atoms with Crippen LogP contribution in [0.25, 0.3) is 21.7 Å². The van der Waals surface area contributed by atoms with Crippen molar-refractivity contribution in [1.82, 2.24) is 4.98 Å². The van der Waals surface area contributed by atoms with Crippen LogP contribution in [0.3, 0.4) is 0 Å². The van der Waals surface area contributed by atoms with Crippen LogP contribution in [0.1, 0.15) is 38.9 Å². The Morgan fingerprint density at radius 1 is 0.969 bits per heavy atom. The molecule has 7 nitrogen and oxygen atoms in total. The highest BCUT2D eigenvalue weighted by Gasteiger charge is 2.21. The van der Waals surface area contributed by atoms with Gasteiger partial charge in [-0.25, -0.2) is 4.79 Å². The Morgan fingerprint density at radius 2 is 1.66 bits per heavy atom. The molecule has 1 heterocycles. The molecule has 0 aliphatic carbocycles. The van der Waals surface area contributed by atoms with Crippen LogP contribution in [-0.2, 0) is 11.2 Å². The minimum Gasteiger partial charge on any atom is -0.454 e. The minimum absolute atomic E-state index is 0.0832. The second-order valence-electron chi connectivity index (χ2n) is 7.36. The summed E-state index contributed by atoms with van der Waals surface area (Å²) in [4.78, 5) is 41.3. The molecule has 0 fully saturated rings. The highest BCUT2D eigenvalue weighted by atomic mass is 16.6. The topological polar surface area (TPSA) is 99.4 Å². The van der Waals surface area contributed by atoms with Gasteiger partial charge in [0.1, 0.15) is 0 Å². The molecule has 0 unspecified atom stereocenters. The predicted octanol–water partition coefficient (Wildman–Crippen LogP) is 5.21. The van der Waals surface area contributed by atoms with Gasteiger partial charge in [-0.15, -0.1) is 0 Å². The highest BCUT2D eigenvalue weighted by Crippen LogP contribution is 2.28. The number of carbonyl (C=O) groups excluding carboxylic acids is 2. The fraction of sp³-hybridized carbons (Fsp3) is 0.160. The first kappa shape index (κ1) is 21.1. The Bertz CT molecular complexity index is 1390. The van der Waals surface area contributed by atoms with Gasteiger partial charge in [0.25, 0.3) is 5.69 Å². The molecule has 4 aromatic rings. The number of hydrogen-bond donors (Lipinski definition) is 0. The van der Waals surface area contributed by atoms with Crippen molar-refractivity contribution in [2.75, 3.05) is 6.61 Å². The number of esters is 1. The largest absolute Gasteiger partial charge is 0.454 e. The molecule has 0 saturated heterocycles. The number of aryl methyl sites for hydroxylation is 1. The Hall–Kier alpha value is -4.13. The molecular formula is C25H20N2O5. The fourth-order valence-electron chi connectivity index (χ4n) is 3.94. The Kier molecular flexibility index (Phi) is 5.64. The van der Waals surface area contributed by atoms with E-state index in [1.807, 2.05) is 32.0 Å². The molecule has 0 amide bonds. The molecule has 0 radical (unpaired) electrons. The van der Waals surface area contributed by atoms with Gasteiger partial charge in [-0.3, -0.25) is 19.9 Å². The standard InChI is InChI=1S/C25H20N2O5/c1-3-20-15(2)24(19-8-4-5-12-21(19)26-20)25(29)32-14-23(28)18-11-6-10-17-16(18)9-7-13-22(17)27(30)31/h4-13H,3,14H2,1-2H3. The second-order valence-corrected chi connectivity index (χ2v) is 7.36. The normalized spacial score (nSPS) is 10.9. The van der Waals surface area contributed by atoms with E-state index in [4.69, 9.17) is 4.74 Å². The number of non-ortho nitro benzene ring substituents is 1. The Morgan fingerprint density at radius 3 is 2.41 bits per heavy atom. The third kappa shape index (κ3) is 3.69. The van der Waals surface area contributed by atoms with Crippen LogP contribution < -0.4 is 0 Å². The molecule has 1 aromatic heterocycles. The number of fused-ring (bicyclic) bond motifs is 2. The number of nitro benzene ring substituents is 1. The van der Waals surface area contributed by atoms with Gasteiger partial charge in [0.2, 0.25) is 5.78 Å². The van der Waals surface area contributed by atoms with E-state index in [1.165, 1.54) is 12.1 Å². The van der Waals surface area contributed by atoms with Gasteiger partial charge < -0.3 is 4.74 Å².